The van der Waals surface area contributed by atoms with Gasteiger partial charge in [-0.05, 0) is 27.7 Å². The van der Waals surface area contributed by atoms with E-state index in [1.54, 1.807) is 52.0 Å². The van der Waals surface area contributed by atoms with E-state index in [9.17, 15) is 9.59 Å². The lowest BCUT2D eigenvalue weighted by molar-refractivity contribution is -0.151. The minimum Gasteiger partial charge on any atom is -0.462 e. The third-order valence-electron chi connectivity index (χ3n) is 2.30. The third-order valence-corrected chi connectivity index (χ3v) is 2.30. The lowest BCUT2D eigenvalue weighted by atomic mass is 9.96. The van der Waals surface area contributed by atoms with Crippen molar-refractivity contribution in [3.05, 3.63) is 24.3 Å². The van der Waals surface area contributed by atoms with Gasteiger partial charge in [-0.25, -0.2) is 0 Å². The Labute approximate surface area is 108 Å². The van der Waals surface area contributed by atoms with Crippen molar-refractivity contribution in [3.8, 4) is 0 Å². The highest BCUT2D eigenvalue weighted by Gasteiger charge is 2.23. The molecule has 0 N–H and O–H groups in total. The molecule has 0 spiro atoms. The summed E-state index contributed by atoms with van der Waals surface area (Å²) >= 11 is 0. The summed E-state index contributed by atoms with van der Waals surface area (Å²) in [6.45, 7) is 7.21. The summed E-state index contributed by atoms with van der Waals surface area (Å²) in [5.41, 5.74) is 0. The van der Waals surface area contributed by atoms with Crippen molar-refractivity contribution >= 4 is 11.9 Å². The summed E-state index contributed by atoms with van der Waals surface area (Å²) in [5.74, 6) is -1.41. The predicted octanol–water partition coefficient (Wildman–Crippen LogP) is 2.25. The van der Waals surface area contributed by atoms with E-state index in [-0.39, 0.29) is 24.1 Å². The third kappa shape index (κ3) is 4.35. The van der Waals surface area contributed by atoms with Gasteiger partial charge in [0.15, 0.2) is 0 Å². The topological polar surface area (TPSA) is 52.6 Å². The number of hydrogen-bond donors (Lipinski definition) is 0. The molecule has 0 fully saturated rings. The number of rotatable bonds is 4. The molecule has 0 bridgehead atoms. The van der Waals surface area contributed by atoms with Crippen LogP contribution in [0.4, 0.5) is 0 Å². The molecular weight excluding hydrogens is 232 g/mol. The molecule has 0 atom stereocenters. The summed E-state index contributed by atoms with van der Waals surface area (Å²) in [7, 11) is 0. The first-order valence-corrected chi connectivity index (χ1v) is 6.17. The highest BCUT2D eigenvalue weighted by molar-refractivity contribution is 5.81. The standard InChI is InChI=1S/C14H20O4/c1-9(2)17-13(15)11-5-7-12(8-6-11)14(16)18-10(3)4/h5-12H,1-4H3. The SMILES string of the molecule is CC(C)OC(=O)C1C=CC(C(=O)OC(C)C)C=C1. The normalized spacial score (nSPS) is 22.3. The van der Waals surface area contributed by atoms with Crippen molar-refractivity contribution in [2.75, 3.05) is 0 Å². The smallest absolute Gasteiger partial charge is 0.316 e. The largest absolute Gasteiger partial charge is 0.462 e. The summed E-state index contributed by atoms with van der Waals surface area (Å²) in [4.78, 5) is 23.2. The van der Waals surface area contributed by atoms with Crippen LogP contribution in [0.25, 0.3) is 0 Å². The van der Waals surface area contributed by atoms with Crippen LogP contribution in [0, 0.1) is 11.8 Å². The van der Waals surface area contributed by atoms with Gasteiger partial charge in [-0.15, -0.1) is 0 Å². The van der Waals surface area contributed by atoms with Crippen LogP contribution in [0.15, 0.2) is 24.3 Å². The second-order valence-corrected chi connectivity index (χ2v) is 4.79. The summed E-state index contributed by atoms with van der Waals surface area (Å²) in [6.07, 6.45) is 6.44. The molecule has 0 unspecified atom stereocenters. The Kier molecular flexibility index (Phi) is 5.13. The van der Waals surface area contributed by atoms with Crippen molar-refractivity contribution in [1.82, 2.24) is 0 Å². The summed E-state index contributed by atoms with van der Waals surface area (Å²) in [5, 5.41) is 0. The quantitative estimate of drug-likeness (QED) is 0.569. The predicted molar refractivity (Wildman–Crippen MR) is 67.7 cm³/mol. The van der Waals surface area contributed by atoms with Gasteiger partial charge in [0.1, 0.15) is 0 Å². The minimum absolute atomic E-state index is 0.136. The van der Waals surface area contributed by atoms with E-state index in [2.05, 4.69) is 0 Å². The maximum absolute atomic E-state index is 11.6. The molecule has 1 aliphatic rings. The van der Waals surface area contributed by atoms with Crippen molar-refractivity contribution in [3.63, 3.8) is 0 Å². The molecule has 1 aliphatic carbocycles. The lowest BCUT2D eigenvalue weighted by Gasteiger charge is -2.17. The van der Waals surface area contributed by atoms with Gasteiger partial charge in [-0.1, -0.05) is 24.3 Å². The van der Waals surface area contributed by atoms with Gasteiger partial charge in [0, 0.05) is 0 Å². The van der Waals surface area contributed by atoms with E-state index in [1.807, 2.05) is 0 Å². The highest BCUT2D eigenvalue weighted by Crippen LogP contribution is 2.18. The summed E-state index contributed by atoms with van der Waals surface area (Å²) in [6, 6.07) is 0. The molecule has 100 valence electrons. The molecule has 4 nitrogen and oxygen atoms in total. The zero-order valence-corrected chi connectivity index (χ0v) is 11.3. The van der Waals surface area contributed by atoms with Gasteiger partial charge in [0.05, 0.1) is 24.0 Å². The zero-order valence-electron chi connectivity index (χ0n) is 11.3. The molecule has 0 aromatic heterocycles. The Hall–Kier alpha value is -1.58. The van der Waals surface area contributed by atoms with Crippen LogP contribution in [-0.2, 0) is 19.1 Å². The Balaban J connectivity index is 2.54. The number of carbonyl (C=O) groups excluding carboxylic acids is 2. The maximum Gasteiger partial charge on any atom is 0.316 e. The van der Waals surface area contributed by atoms with E-state index in [1.165, 1.54) is 0 Å². The van der Waals surface area contributed by atoms with Gasteiger partial charge in [0.25, 0.3) is 0 Å². The Morgan fingerprint density at radius 2 is 1.06 bits per heavy atom. The Bertz CT molecular complexity index is 318. The molecule has 4 heteroatoms. The monoisotopic (exact) mass is 252 g/mol. The number of esters is 2. The second kappa shape index (κ2) is 6.38. The van der Waals surface area contributed by atoms with Crippen molar-refractivity contribution < 1.29 is 19.1 Å². The molecule has 0 aromatic carbocycles. The van der Waals surface area contributed by atoms with Crippen molar-refractivity contribution in [2.24, 2.45) is 11.8 Å². The van der Waals surface area contributed by atoms with E-state index >= 15 is 0 Å². The molecule has 1 rings (SSSR count). The van der Waals surface area contributed by atoms with Gasteiger partial charge in [-0.3, -0.25) is 9.59 Å². The highest BCUT2D eigenvalue weighted by atomic mass is 16.5. The number of hydrogen-bond acceptors (Lipinski definition) is 4. The second-order valence-electron chi connectivity index (χ2n) is 4.79. The fraction of sp³-hybridized carbons (Fsp3) is 0.571. The molecule has 0 amide bonds. The molecule has 0 saturated carbocycles. The van der Waals surface area contributed by atoms with Crippen LogP contribution in [0.5, 0.6) is 0 Å². The van der Waals surface area contributed by atoms with Crippen LogP contribution in [-0.4, -0.2) is 24.1 Å². The van der Waals surface area contributed by atoms with Crippen LogP contribution in [0.3, 0.4) is 0 Å². The van der Waals surface area contributed by atoms with Crippen molar-refractivity contribution in [1.29, 1.82) is 0 Å². The maximum atomic E-state index is 11.6. The average molecular weight is 252 g/mol. The average Bonchev–Trinajstić information content (AvgIpc) is 2.27. The molecule has 0 aromatic rings. The molecule has 0 aliphatic heterocycles. The molecule has 0 heterocycles. The van der Waals surface area contributed by atoms with Crippen molar-refractivity contribution in [2.45, 2.75) is 39.9 Å². The number of ether oxygens (including phenoxy) is 2. The van der Waals surface area contributed by atoms with Crippen LogP contribution >= 0.6 is 0 Å². The first kappa shape index (κ1) is 14.5. The van der Waals surface area contributed by atoms with E-state index in [0.717, 1.165) is 0 Å². The van der Waals surface area contributed by atoms with Gasteiger partial charge in [0.2, 0.25) is 0 Å². The minimum atomic E-state index is -0.407. The number of carbonyl (C=O) groups is 2. The first-order chi connectivity index (χ1) is 8.40. The van der Waals surface area contributed by atoms with E-state index < -0.39 is 11.8 Å². The summed E-state index contributed by atoms with van der Waals surface area (Å²) < 4.78 is 10.2. The van der Waals surface area contributed by atoms with Gasteiger partial charge < -0.3 is 9.47 Å². The van der Waals surface area contributed by atoms with Crippen LogP contribution in [0.1, 0.15) is 27.7 Å². The van der Waals surface area contributed by atoms with E-state index in [4.69, 9.17) is 9.47 Å². The molecule has 18 heavy (non-hydrogen) atoms. The van der Waals surface area contributed by atoms with Gasteiger partial charge in [-0.2, -0.15) is 0 Å². The Morgan fingerprint density at radius 3 is 1.28 bits per heavy atom. The Morgan fingerprint density at radius 1 is 0.778 bits per heavy atom. The van der Waals surface area contributed by atoms with Crippen LogP contribution < -0.4 is 0 Å². The fourth-order valence-electron chi connectivity index (χ4n) is 1.54. The fourth-order valence-corrected chi connectivity index (χ4v) is 1.54. The molecule has 0 radical (unpaired) electrons. The van der Waals surface area contributed by atoms with Crippen LogP contribution in [0.2, 0.25) is 0 Å². The van der Waals surface area contributed by atoms with Gasteiger partial charge >= 0.3 is 11.9 Å². The lowest BCUT2D eigenvalue weighted by Crippen LogP contribution is -2.23. The zero-order chi connectivity index (χ0) is 13.7. The molecule has 0 saturated heterocycles. The van der Waals surface area contributed by atoms with E-state index in [0.29, 0.717) is 0 Å². The first-order valence-electron chi connectivity index (χ1n) is 6.17. The molecular formula is C14H20O4.